The molecule has 3 N–H and O–H groups in total. The molecule has 5 atom stereocenters. The van der Waals surface area contributed by atoms with E-state index < -0.39 is 22.0 Å². The van der Waals surface area contributed by atoms with Gasteiger partial charge in [0, 0.05) is 56.8 Å². The zero-order chi connectivity index (χ0) is 29.0. The summed E-state index contributed by atoms with van der Waals surface area (Å²) in [5.41, 5.74) is 1.40. The number of nitrogens with one attached hydrogen (secondary N) is 3. The maximum absolute atomic E-state index is 13.6. The van der Waals surface area contributed by atoms with Crippen LogP contribution in [0.1, 0.15) is 54.9 Å². The number of piperazine rings is 1. The maximum Gasteiger partial charge on any atom is 0.251 e. The molecule has 2 fully saturated rings. The highest BCUT2D eigenvalue weighted by Gasteiger charge is 2.38. The normalized spacial score (nSPS) is 23.6. The first-order chi connectivity index (χ1) is 19.0. The molecule has 1 heterocycles. The lowest BCUT2D eigenvalue weighted by Crippen LogP contribution is -2.59. The van der Waals surface area contributed by atoms with E-state index in [0.29, 0.717) is 44.4 Å². The van der Waals surface area contributed by atoms with Gasteiger partial charge in [0.1, 0.15) is 11.9 Å². The van der Waals surface area contributed by atoms with E-state index in [-0.39, 0.29) is 34.3 Å². The summed E-state index contributed by atoms with van der Waals surface area (Å²) in [5, 5.41) is 9.85. The molecule has 0 aromatic heterocycles. The lowest BCUT2D eigenvalue weighted by molar-refractivity contribution is -0.135. The Morgan fingerprint density at radius 2 is 1.68 bits per heavy atom. The highest BCUT2D eigenvalue weighted by atomic mass is 32.2. The van der Waals surface area contributed by atoms with Gasteiger partial charge in [-0.3, -0.25) is 9.59 Å². The van der Waals surface area contributed by atoms with Crippen molar-refractivity contribution >= 4 is 21.8 Å². The van der Waals surface area contributed by atoms with Crippen molar-refractivity contribution < 1.29 is 22.4 Å². The predicted octanol–water partition coefficient (Wildman–Crippen LogP) is 2.31. The predicted molar refractivity (Wildman–Crippen MR) is 152 cm³/mol. The van der Waals surface area contributed by atoms with Gasteiger partial charge in [-0.25, -0.2) is 17.1 Å². The van der Waals surface area contributed by atoms with Crippen LogP contribution in [0.4, 0.5) is 4.39 Å². The summed E-state index contributed by atoms with van der Waals surface area (Å²) < 4.78 is 39.1. The third kappa shape index (κ3) is 7.45. The number of rotatable bonds is 11. The summed E-state index contributed by atoms with van der Waals surface area (Å²) in [7, 11) is -0.711. The molecule has 9 nitrogen and oxygen atoms in total. The number of benzene rings is 2. The fraction of sp³-hybridized carbons (Fsp3) is 0.517. The summed E-state index contributed by atoms with van der Waals surface area (Å²) in [6.07, 6.45) is 2.13. The first-order valence-electron chi connectivity index (χ1n) is 13.8. The second kappa shape index (κ2) is 12.8. The largest absolute Gasteiger partial charge is 0.340 e. The molecule has 2 aromatic carbocycles. The minimum atomic E-state index is -3.61. The topological polar surface area (TPSA) is 111 Å². The van der Waals surface area contributed by atoms with E-state index in [9.17, 15) is 22.4 Å². The third-order valence-electron chi connectivity index (χ3n) is 7.53. The molecule has 0 bridgehead atoms. The van der Waals surface area contributed by atoms with Gasteiger partial charge in [0.25, 0.3) is 5.91 Å². The summed E-state index contributed by atoms with van der Waals surface area (Å²) in [4.78, 5) is 28.6. The van der Waals surface area contributed by atoms with E-state index in [4.69, 9.17) is 0 Å². The standard InChI is InChI=1S/C29H40FN5O4S/c1-19-17-35(18-20(2)32-19)29(37)26(6-5-15-31-27-16-25(27)21-7-11-23(30)12-8-21)33-28(36)22-9-13-24(14-10-22)40(38,39)34(3)4/h7-14,19-20,25-27,31-32H,5-6,15-18H2,1-4H3,(H,33,36)/t19-,20+,25-,26-,27+/m0/s1. The molecule has 40 heavy (non-hydrogen) atoms. The Bertz CT molecular complexity index is 1280. The smallest absolute Gasteiger partial charge is 0.251 e. The van der Waals surface area contributed by atoms with Crippen molar-refractivity contribution in [2.75, 3.05) is 33.7 Å². The number of carbonyl (C=O) groups is 2. The van der Waals surface area contributed by atoms with E-state index in [1.807, 2.05) is 30.9 Å². The number of hydrogen-bond acceptors (Lipinski definition) is 6. The molecule has 1 aliphatic carbocycles. The number of amides is 2. The van der Waals surface area contributed by atoms with Crippen LogP contribution in [0.3, 0.4) is 0 Å². The van der Waals surface area contributed by atoms with Gasteiger partial charge in [-0.15, -0.1) is 0 Å². The van der Waals surface area contributed by atoms with E-state index >= 15 is 0 Å². The van der Waals surface area contributed by atoms with Gasteiger partial charge in [-0.1, -0.05) is 12.1 Å². The van der Waals surface area contributed by atoms with Gasteiger partial charge in [0.05, 0.1) is 4.90 Å². The van der Waals surface area contributed by atoms with Gasteiger partial charge < -0.3 is 20.9 Å². The van der Waals surface area contributed by atoms with Crippen LogP contribution in [0.2, 0.25) is 0 Å². The molecule has 2 aliphatic rings. The van der Waals surface area contributed by atoms with Crippen LogP contribution in [-0.2, 0) is 14.8 Å². The minimum absolute atomic E-state index is 0.0931. The molecule has 11 heteroatoms. The van der Waals surface area contributed by atoms with Gasteiger partial charge in [-0.2, -0.15) is 0 Å². The average Bonchev–Trinajstić information content (AvgIpc) is 3.69. The fourth-order valence-electron chi connectivity index (χ4n) is 5.31. The lowest BCUT2D eigenvalue weighted by Gasteiger charge is -2.38. The lowest BCUT2D eigenvalue weighted by atomic mass is 10.1. The Morgan fingerprint density at radius 3 is 2.27 bits per heavy atom. The monoisotopic (exact) mass is 573 g/mol. The van der Waals surface area contributed by atoms with Gasteiger partial charge in [-0.05, 0) is 81.6 Å². The summed E-state index contributed by atoms with van der Waals surface area (Å²) in [5.74, 6) is -0.416. The Morgan fingerprint density at radius 1 is 1.05 bits per heavy atom. The van der Waals surface area contributed by atoms with Crippen LogP contribution in [0.5, 0.6) is 0 Å². The quantitative estimate of drug-likeness (QED) is 0.356. The van der Waals surface area contributed by atoms with Crippen LogP contribution in [0, 0.1) is 5.82 Å². The highest BCUT2D eigenvalue weighted by molar-refractivity contribution is 7.89. The second-order valence-electron chi connectivity index (χ2n) is 11.1. The number of hydrogen-bond donors (Lipinski definition) is 3. The molecule has 0 spiro atoms. The second-order valence-corrected chi connectivity index (χ2v) is 13.3. The van der Waals surface area contributed by atoms with Crippen LogP contribution in [0.15, 0.2) is 53.4 Å². The minimum Gasteiger partial charge on any atom is -0.340 e. The number of sulfonamides is 1. The Balaban J connectivity index is 1.37. The van der Waals surface area contributed by atoms with Crippen molar-refractivity contribution in [2.24, 2.45) is 0 Å². The molecule has 1 saturated heterocycles. The molecular weight excluding hydrogens is 533 g/mol. The van der Waals surface area contributed by atoms with E-state index in [0.717, 1.165) is 16.3 Å². The molecule has 0 unspecified atom stereocenters. The highest BCUT2D eigenvalue weighted by Crippen LogP contribution is 2.40. The molecule has 2 aromatic rings. The molecule has 2 amide bonds. The average molecular weight is 574 g/mol. The van der Waals surface area contributed by atoms with Crippen molar-refractivity contribution in [1.82, 2.24) is 25.2 Å². The number of carbonyl (C=O) groups excluding carboxylic acids is 2. The van der Waals surface area contributed by atoms with E-state index in [1.165, 1.54) is 50.5 Å². The van der Waals surface area contributed by atoms with Crippen LogP contribution < -0.4 is 16.0 Å². The van der Waals surface area contributed by atoms with Crippen LogP contribution in [0.25, 0.3) is 0 Å². The van der Waals surface area contributed by atoms with Gasteiger partial charge >= 0.3 is 0 Å². The zero-order valence-electron chi connectivity index (χ0n) is 23.6. The molecule has 1 aliphatic heterocycles. The van der Waals surface area contributed by atoms with Crippen LogP contribution >= 0.6 is 0 Å². The van der Waals surface area contributed by atoms with E-state index in [1.54, 1.807) is 0 Å². The molecule has 0 radical (unpaired) electrons. The molecule has 218 valence electrons. The van der Waals surface area contributed by atoms with Crippen LogP contribution in [-0.4, -0.2) is 87.3 Å². The van der Waals surface area contributed by atoms with Crippen molar-refractivity contribution in [3.8, 4) is 0 Å². The summed E-state index contributed by atoms with van der Waals surface area (Å²) in [6, 6.07) is 12.3. The fourth-order valence-corrected chi connectivity index (χ4v) is 6.21. The SMILES string of the molecule is C[C@@H]1CN(C(=O)[C@H](CCCN[C@@H]2C[C@H]2c2ccc(F)cc2)NC(=O)c2ccc(S(=O)(=O)N(C)C)cc2)C[C@H](C)N1. The third-order valence-corrected chi connectivity index (χ3v) is 9.36. The number of halogens is 1. The van der Waals surface area contributed by atoms with Crippen molar-refractivity contribution in [3.05, 3.63) is 65.5 Å². The molecule has 4 rings (SSSR count). The Kier molecular flexibility index (Phi) is 9.60. The summed E-state index contributed by atoms with van der Waals surface area (Å²) >= 11 is 0. The Labute approximate surface area is 236 Å². The first-order valence-corrected chi connectivity index (χ1v) is 15.3. The van der Waals surface area contributed by atoms with E-state index in [2.05, 4.69) is 16.0 Å². The zero-order valence-corrected chi connectivity index (χ0v) is 24.4. The first kappa shape index (κ1) is 30.1. The Hall–Kier alpha value is -2.86. The van der Waals surface area contributed by atoms with Gasteiger partial charge in [0.15, 0.2) is 0 Å². The number of nitrogens with zero attached hydrogens (tertiary/aromatic N) is 2. The van der Waals surface area contributed by atoms with Gasteiger partial charge in [0.2, 0.25) is 15.9 Å². The molecule has 1 saturated carbocycles. The maximum atomic E-state index is 13.6. The van der Waals surface area contributed by atoms with Crippen molar-refractivity contribution in [2.45, 2.75) is 68.1 Å². The summed E-state index contributed by atoms with van der Waals surface area (Å²) in [6.45, 7) is 5.88. The van der Waals surface area contributed by atoms with Crippen molar-refractivity contribution in [3.63, 3.8) is 0 Å². The van der Waals surface area contributed by atoms with Crippen molar-refractivity contribution in [1.29, 1.82) is 0 Å². The molecular formula is C29H40FN5O4S.